The lowest BCUT2D eigenvalue weighted by Crippen LogP contribution is -2.13. The van der Waals surface area contributed by atoms with Crippen molar-refractivity contribution in [3.8, 4) is 0 Å². The molecule has 0 fully saturated rings. The van der Waals surface area contributed by atoms with E-state index >= 15 is 0 Å². The molecule has 0 radical (unpaired) electrons. The Bertz CT molecular complexity index is 1210. The van der Waals surface area contributed by atoms with Gasteiger partial charge >= 0.3 is 5.97 Å². The first kappa shape index (κ1) is 22.1. The maximum Gasteiger partial charge on any atom is 0.304 e. The second-order valence-corrected chi connectivity index (χ2v) is 8.33. The Balaban J connectivity index is 1.48. The topological polar surface area (TPSA) is 120 Å². The van der Waals surface area contributed by atoms with Gasteiger partial charge in [0.15, 0.2) is 0 Å². The van der Waals surface area contributed by atoms with E-state index in [1.54, 1.807) is 61.2 Å². The van der Waals surface area contributed by atoms with E-state index in [1.807, 2.05) is 24.3 Å². The predicted octanol–water partition coefficient (Wildman–Crippen LogP) is 5.11. The van der Waals surface area contributed by atoms with E-state index in [9.17, 15) is 14.7 Å². The molecule has 0 aliphatic rings. The van der Waals surface area contributed by atoms with Crippen LogP contribution in [0.2, 0.25) is 0 Å². The number of imidazole rings is 1. The van der Waals surface area contributed by atoms with Crippen molar-refractivity contribution < 1.29 is 14.7 Å². The van der Waals surface area contributed by atoms with Crippen molar-refractivity contribution in [1.82, 2.24) is 15.0 Å². The van der Waals surface area contributed by atoms with E-state index in [2.05, 4.69) is 25.6 Å². The number of nitrogens with one attached hydrogen (secondary N) is 3. The predicted molar refractivity (Wildman–Crippen MR) is 128 cm³/mol. The molecule has 2 aromatic carbocycles. The maximum atomic E-state index is 12.9. The summed E-state index contributed by atoms with van der Waals surface area (Å²) in [6.07, 6.45) is 6.61. The first-order chi connectivity index (χ1) is 16.1. The maximum absolute atomic E-state index is 12.9. The number of rotatable bonds is 9. The molecule has 0 aliphatic carbocycles. The molecule has 1 unspecified atom stereocenters. The van der Waals surface area contributed by atoms with Crippen molar-refractivity contribution in [3.63, 3.8) is 0 Å². The van der Waals surface area contributed by atoms with Crippen LogP contribution in [0.1, 0.15) is 27.6 Å². The standard InChI is InChI=1S/C24H21N5O3S/c30-22(31)14-21(17-4-3-11-25-15-17)33-20-6-2-1-5-19(20)29-23(32)16-7-9-18(10-8-16)28-24-26-12-13-27-24/h1-13,15,21H,14H2,(H,29,32)(H,30,31)(H2,26,27,28). The average molecular weight is 460 g/mol. The monoisotopic (exact) mass is 459 g/mol. The molecule has 33 heavy (non-hydrogen) atoms. The summed E-state index contributed by atoms with van der Waals surface area (Å²) in [5.41, 5.74) is 2.72. The highest BCUT2D eigenvalue weighted by molar-refractivity contribution is 7.99. The normalized spacial score (nSPS) is 11.5. The molecule has 0 bridgehead atoms. The number of anilines is 3. The molecule has 8 nitrogen and oxygen atoms in total. The molecule has 2 aromatic heterocycles. The van der Waals surface area contributed by atoms with Gasteiger partial charge < -0.3 is 20.7 Å². The van der Waals surface area contributed by atoms with Gasteiger partial charge in [-0.05, 0) is 48.0 Å². The number of nitrogens with zero attached hydrogens (tertiary/aromatic N) is 2. The van der Waals surface area contributed by atoms with Crippen LogP contribution in [0.25, 0.3) is 0 Å². The molecule has 4 N–H and O–H groups in total. The Morgan fingerprint density at radius 3 is 2.55 bits per heavy atom. The summed E-state index contributed by atoms with van der Waals surface area (Å²) in [6, 6.07) is 18.0. The molecular formula is C24H21N5O3S. The zero-order valence-corrected chi connectivity index (χ0v) is 18.3. The third-order valence-electron chi connectivity index (χ3n) is 4.73. The number of carboxylic acids is 1. The Morgan fingerprint density at radius 2 is 1.85 bits per heavy atom. The summed E-state index contributed by atoms with van der Waals surface area (Å²) >= 11 is 1.38. The molecule has 4 aromatic rings. The zero-order valence-electron chi connectivity index (χ0n) is 17.4. The van der Waals surface area contributed by atoms with Crippen LogP contribution in [0.3, 0.4) is 0 Å². The van der Waals surface area contributed by atoms with Gasteiger partial charge in [0.05, 0.1) is 12.1 Å². The molecule has 0 saturated heterocycles. The minimum absolute atomic E-state index is 0.0667. The SMILES string of the molecule is O=C(O)CC(Sc1ccccc1NC(=O)c1ccc(Nc2ncc[nH]2)cc1)c1cccnc1. The number of para-hydroxylation sites is 1. The van der Waals surface area contributed by atoms with Crippen molar-refractivity contribution in [2.75, 3.05) is 10.6 Å². The number of aromatic nitrogens is 3. The molecule has 4 rings (SSSR count). The third-order valence-corrected chi connectivity index (χ3v) is 6.06. The number of benzene rings is 2. The molecule has 0 aliphatic heterocycles. The van der Waals surface area contributed by atoms with Crippen LogP contribution in [-0.2, 0) is 4.79 Å². The summed E-state index contributed by atoms with van der Waals surface area (Å²) in [5, 5.41) is 15.1. The number of H-pyrrole nitrogens is 1. The highest BCUT2D eigenvalue weighted by atomic mass is 32.2. The number of aromatic amines is 1. The lowest BCUT2D eigenvalue weighted by Gasteiger charge is -2.17. The van der Waals surface area contributed by atoms with E-state index in [1.165, 1.54) is 11.8 Å². The summed E-state index contributed by atoms with van der Waals surface area (Å²) in [6.45, 7) is 0. The van der Waals surface area contributed by atoms with E-state index in [-0.39, 0.29) is 17.6 Å². The number of amides is 1. The van der Waals surface area contributed by atoms with Crippen molar-refractivity contribution in [2.45, 2.75) is 16.6 Å². The molecule has 1 atom stereocenters. The fourth-order valence-corrected chi connectivity index (χ4v) is 4.36. The average Bonchev–Trinajstić information content (AvgIpc) is 3.34. The smallest absolute Gasteiger partial charge is 0.304 e. The van der Waals surface area contributed by atoms with E-state index in [0.717, 1.165) is 16.1 Å². The molecule has 1 amide bonds. The number of carboxylic acid groups (broad SMARTS) is 1. The van der Waals surface area contributed by atoms with Crippen LogP contribution < -0.4 is 10.6 Å². The number of carbonyl (C=O) groups is 2. The molecular weight excluding hydrogens is 438 g/mol. The van der Waals surface area contributed by atoms with Crippen LogP contribution in [0.15, 0.2) is 90.3 Å². The van der Waals surface area contributed by atoms with Crippen molar-refractivity contribution in [2.24, 2.45) is 0 Å². The van der Waals surface area contributed by atoms with Gasteiger partial charge in [-0.3, -0.25) is 14.6 Å². The van der Waals surface area contributed by atoms with Gasteiger partial charge in [0, 0.05) is 46.2 Å². The van der Waals surface area contributed by atoms with Crippen LogP contribution in [0, 0.1) is 0 Å². The first-order valence-electron chi connectivity index (χ1n) is 10.1. The number of thioether (sulfide) groups is 1. The lowest BCUT2D eigenvalue weighted by molar-refractivity contribution is -0.137. The van der Waals surface area contributed by atoms with Gasteiger partial charge in [-0.15, -0.1) is 11.8 Å². The quantitative estimate of drug-likeness (QED) is 0.257. The Labute approximate surface area is 194 Å². The third kappa shape index (κ3) is 5.98. The number of hydrogen-bond donors (Lipinski definition) is 4. The van der Waals surface area contributed by atoms with Crippen molar-refractivity contribution >= 4 is 41.0 Å². The molecule has 2 heterocycles. The van der Waals surface area contributed by atoms with Crippen LogP contribution in [-0.4, -0.2) is 31.9 Å². The molecule has 0 spiro atoms. The number of aliphatic carboxylic acids is 1. The summed E-state index contributed by atoms with van der Waals surface area (Å²) in [5.74, 6) is -0.549. The Kier molecular flexibility index (Phi) is 7.01. The van der Waals surface area contributed by atoms with E-state index < -0.39 is 5.97 Å². The fraction of sp³-hybridized carbons (Fsp3) is 0.0833. The minimum Gasteiger partial charge on any atom is -0.481 e. The summed E-state index contributed by atoms with van der Waals surface area (Å²) in [7, 11) is 0. The second kappa shape index (κ2) is 10.5. The van der Waals surface area contributed by atoms with Crippen LogP contribution in [0.5, 0.6) is 0 Å². The first-order valence-corrected chi connectivity index (χ1v) is 11.0. The lowest BCUT2D eigenvalue weighted by atomic mass is 10.1. The number of pyridine rings is 1. The van der Waals surface area contributed by atoms with Gasteiger partial charge in [-0.25, -0.2) is 4.98 Å². The van der Waals surface area contributed by atoms with Gasteiger partial charge in [-0.2, -0.15) is 0 Å². The largest absolute Gasteiger partial charge is 0.481 e. The van der Waals surface area contributed by atoms with Crippen LogP contribution in [0.4, 0.5) is 17.3 Å². The van der Waals surface area contributed by atoms with E-state index in [4.69, 9.17) is 0 Å². The zero-order chi connectivity index (χ0) is 23.0. The number of carbonyl (C=O) groups excluding carboxylic acids is 1. The van der Waals surface area contributed by atoms with Gasteiger partial charge in [0.25, 0.3) is 5.91 Å². The minimum atomic E-state index is -0.902. The van der Waals surface area contributed by atoms with E-state index in [0.29, 0.717) is 17.2 Å². The van der Waals surface area contributed by atoms with Crippen molar-refractivity contribution in [1.29, 1.82) is 0 Å². The number of hydrogen-bond acceptors (Lipinski definition) is 6. The van der Waals surface area contributed by atoms with Gasteiger partial charge in [-0.1, -0.05) is 18.2 Å². The molecule has 0 saturated carbocycles. The molecule has 9 heteroatoms. The molecule has 166 valence electrons. The fourth-order valence-electron chi connectivity index (χ4n) is 3.15. The van der Waals surface area contributed by atoms with Crippen molar-refractivity contribution in [3.05, 3.63) is 96.6 Å². The Morgan fingerprint density at radius 1 is 1.03 bits per heavy atom. The van der Waals surface area contributed by atoms with Gasteiger partial charge in [0.1, 0.15) is 0 Å². The van der Waals surface area contributed by atoms with Crippen LogP contribution >= 0.6 is 11.8 Å². The second-order valence-electron chi connectivity index (χ2n) is 7.08. The highest BCUT2D eigenvalue weighted by Gasteiger charge is 2.19. The summed E-state index contributed by atoms with van der Waals surface area (Å²) < 4.78 is 0. The highest BCUT2D eigenvalue weighted by Crippen LogP contribution is 2.40. The Hall–Kier alpha value is -4.11. The van der Waals surface area contributed by atoms with Gasteiger partial charge in [0.2, 0.25) is 5.95 Å². The summed E-state index contributed by atoms with van der Waals surface area (Å²) in [4.78, 5) is 36.2.